The highest BCUT2D eigenvalue weighted by Gasteiger charge is 2.69. The Morgan fingerprint density at radius 2 is 1.96 bits per heavy atom. The van der Waals surface area contributed by atoms with Gasteiger partial charge in [-0.05, 0) is 24.2 Å². The lowest BCUT2D eigenvalue weighted by molar-refractivity contribution is -0.226. The van der Waals surface area contributed by atoms with E-state index >= 15 is 0 Å². The molecule has 3 aliphatic rings. The Morgan fingerprint density at radius 1 is 1.25 bits per heavy atom. The first kappa shape index (κ1) is 17.8. The van der Waals surface area contributed by atoms with Crippen LogP contribution in [0.1, 0.15) is 26.2 Å². The SMILES string of the molecule is COCOCC[C@]12C[C@@H](C(=O)[C@H]1C(=O)OC)C1(C[C@@H]2C)OCCO1. The standard InChI is InChI=1S/C17H26O7/c1-11-8-17(23-6-7-24-17)12-9-16(11,4-5-22-10-20-2)13(14(12)18)15(19)21-3/h11-13H,4-10H2,1-3H3/t11-,12-,13-,16+/m0/s1. The van der Waals surface area contributed by atoms with Gasteiger partial charge in [-0.1, -0.05) is 6.92 Å². The van der Waals surface area contributed by atoms with E-state index in [1.807, 2.05) is 0 Å². The Hall–Kier alpha value is -1.02. The second-order valence-corrected chi connectivity index (χ2v) is 7.03. The number of hydrogen-bond acceptors (Lipinski definition) is 7. The number of methoxy groups -OCH3 is 2. The lowest BCUT2D eigenvalue weighted by Gasteiger charge is -2.46. The summed E-state index contributed by atoms with van der Waals surface area (Å²) in [6.45, 7) is 3.67. The largest absolute Gasteiger partial charge is 0.468 e. The normalized spacial score (nSPS) is 37.1. The second kappa shape index (κ2) is 6.71. The van der Waals surface area contributed by atoms with E-state index in [1.165, 1.54) is 7.11 Å². The number of carbonyl (C=O) groups is 2. The van der Waals surface area contributed by atoms with Gasteiger partial charge in [0.25, 0.3) is 0 Å². The topological polar surface area (TPSA) is 80.3 Å². The predicted octanol–water partition coefficient (Wildman–Crippen LogP) is 1.14. The number of Topliss-reactive ketones (excluding diaryl/α,β-unsaturated/α-hetero) is 1. The van der Waals surface area contributed by atoms with Crippen LogP contribution in [0.2, 0.25) is 0 Å². The van der Waals surface area contributed by atoms with Crippen LogP contribution in [-0.2, 0) is 33.3 Å². The maximum atomic E-state index is 13.1. The Morgan fingerprint density at radius 3 is 2.58 bits per heavy atom. The summed E-state index contributed by atoms with van der Waals surface area (Å²) in [6, 6.07) is 0. The van der Waals surface area contributed by atoms with Crippen molar-refractivity contribution in [1.29, 1.82) is 0 Å². The molecular formula is C17H26O7. The smallest absolute Gasteiger partial charge is 0.316 e. The van der Waals surface area contributed by atoms with Crippen LogP contribution in [-0.4, -0.2) is 58.4 Å². The van der Waals surface area contributed by atoms with Crippen LogP contribution in [0, 0.1) is 23.2 Å². The van der Waals surface area contributed by atoms with Crippen LogP contribution in [0.25, 0.3) is 0 Å². The lowest BCUT2D eigenvalue weighted by atomic mass is 9.61. The zero-order valence-corrected chi connectivity index (χ0v) is 14.5. The summed E-state index contributed by atoms with van der Waals surface area (Å²) in [6.07, 6.45) is 1.79. The van der Waals surface area contributed by atoms with Gasteiger partial charge in [-0.15, -0.1) is 0 Å². The van der Waals surface area contributed by atoms with Gasteiger partial charge in [0, 0.05) is 13.5 Å². The van der Waals surface area contributed by atoms with E-state index in [4.69, 9.17) is 23.7 Å². The molecule has 7 nitrogen and oxygen atoms in total. The molecule has 1 saturated heterocycles. The zero-order valence-electron chi connectivity index (χ0n) is 14.5. The van der Waals surface area contributed by atoms with E-state index in [9.17, 15) is 9.59 Å². The van der Waals surface area contributed by atoms with Gasteiger partial charge in [-0.25, -0.2) is 0 Å². The van der Waals surface area contributed by atoms with E-state index in [1.54, 1.807) is 7.11 Å². The maximum absolute atomic E-state index is 13.1. The van der Waals surface area contributed by atoms with Gasteiger partial charge in [0.1, 0.15) is 12.7 Å². The number of rotatable bonds is 6. The second-order valence-electron chi connectivity index (χ2n) is 7.03. The Labute approximate surface area is 141 Å². The Balaban J connectivity index is 1.89. The summed E-state index contributed by atoms with van der Waals surface area (Å²) >= 11 is 0. The fourth-order valence-electron chi connectivity index (χ4n) is 4.87. The summed E-state index contributed by atoms with van der Waals surface area (Å²) in [5.74, 6) is -2.55. The number of ketones is 1. The highest BCUT2D eigenvalue weighted by molar-refractivity contribution is 6.03. The number of ether oxygens (including phenoxy) is 5. The number of carbonyl (C=O) groups excluding carboxylic acids is 2. The average molecular weight is 342 g/mol. The third kappa shape index (κ3) is 2.58. The van der Waals surface area contributed by atoms with Gasteiger partial charge in [-0.3, -0.25) is 9.59 Å². The van der Waals surface area contributed by atoms with Crippen molar-refractivity contribution in [3.8, 4) is 0 Å². The van der Waals surface area contributed by atoms with E-state index < -0.39 is 29.0 Å². The van der Waals surface area contributed by atoms with Crippen LogP contribution in [0.4, 0.5) is 0 Å². The highest BCUT2D eigenvalue weighted by atomic mass is 16.7. The van der Waals surface area contributed by atoms with Crippen LogP contribution in [0.3, 0.4) is 0 Å². The van der Waals surface area contributed by atoms with Crippen molar-refractivity contribution in [1.82, 2.24) is 0 Å². The van der Waals surface area contributed by atoms with E-state index in [-0.39, 0.29) is 18.5 Å². The summed E-state index contributed by atoms with van der Waals surface area (Å²) < 4.78 is 27.0. The van der Waals surface area contributed by atoms with Gasteiger partial charge in [0.2, 0.25) is 0 Å². The van der Waals surface area contributed by atoms with Crippen molar-refractivity contribution in [2.24, 2.45) is 23.2 Å². The zero-order chi connectivity index (χ0) is 17.4. The first-order valence-electron chi connectivity index (χ1n) is 8.47. The van der Waals surface area contributed by atoms with E-state index in [0.717, 1.165) is 0 Å². The van der Waals surface area contributed by atoms with Gasteiger partial charge in [0.15, 0.2) is 11.6 Å². The molecule has 0 N–H and O–H groups in total. The van der Waals surface area contributed by atoms with Crippen molar-refractivity contribution in [3.05, 3.63) is 0 Å². The van der Waals surface area contributed by atoms with Gasteiger partial charge in [-0.2, -0.15) is 0 Å². The fourth-order valence-corrected chi connectivity index (χ4v) is 4.87. The van der Waals surface area contributed by atoms with Gasteiger partial charge in [0.05, 0.1) is 32.8 Å². The molecule has 2 aliphatic carbocycles. The fraction of sp³-hybridized carbons (Fsp3) is 0.882. The summed E-state index contributed by atoms with van der Waals surface area (Å²) in [5, 5.41) is 0. The van der Waals surface area contributed by atoms with Gasteiger partial charge >= 0.3 is 5.97 Å². The molecule has 0 aromatic carbocycles. The van der Waals surface area contributed by atoms with Crippen LogP contribution in [0.5, 0.6) is 0 Å². The molecule has 0 aromatic heterocycles. The van der Waals surface area contributed by atoms with Crippen LogP contribution < -0.4 is 0 Å². The number of esters is 1. The number of hydrogen-bond donors (Lipinski definition) is 0. The minimum absolute atomic E-state index is 0.0774. The third-order valence-electron chi connectivity index (χ3n) is 6.02. The molecule has 1 aliphatic heterocycles. The summed E-state index contributed by atoms with van der Waals surface area (Å²) in [5.41, 5.74) is -0.469. The number of fused-ring (bicyclic) bond motifs is 3. The summed E-state index contributed by atoms with van der Waals surface area (Å²) in [7, 11) is 2.89. The van der Waals surface area contributed by atoms with Crippen molar-refractivity contribution in [3.63, 3.8) is 0 Å². The molecule has 24 heavy (non-hydrogen) atoms. The molecule has 136 valence electrons. The van der Waals surface area contributed by atoms with Crippen LogP contribution in [0.15, 0.2) is 0 Å². The van der Waals surface area contributed by atoms with Crippen LogP contribution >= 0.6 is 0 Å². The predicted molar refractivity (Wildman–Crippen MR) is 81.9 cm³/mol. The van der Waals surface area contributed by atoms with E-state index in [2.05, 4.69) is 6.92 Å². The monoisotopic (exact) mass is 342 g/mol. The minimum atomic E-state index is -0.865. The average Bonchev–Trinajstić information content (AvgIpc) is 3.13. The molecule has 1 spiro atoms. The minimum Gasteiger partial charge on any atom is -0.468 e. The summed E-state index contributed by atoms with van der Waals surface area (Å²) in [4.78, 5) is 25.5. The van der Waals surface area contributed by atoms with Crippen molar-refractivity contribution in [2.75, 3.05) is 40.8 Å². The third-order valence-corrected chi connectivity index (χ3v) is 6.02. The molecule has 2 bridgehead atoms. The lowest BCUT2D eigenvalue weighted by Crippen LogP contribution is -2.49. The highest BCUT2D eigenvalue weighted by Crippen LogP contribution is 2.62. The molecule has 3 fully saturated rings. The molecular weight excluding hydrogens is 316 g/mol. The first-order chi connectivity index (χ1) is 11.5. The molecule has 7 heteroatoms. The quantitative estimate of drug-likeness (QED) is 0.310. The van der Waals surface area contributed by atoms with Gasteiger partial charge < -0.3 is 23.7 Å². The first-order valence-corrected chi connectivity index (χ1v) is 8.47. The molecule has 2 saturated carbocycles. The molecule has 0 unspecified atom stereocenters. The van der Waals surface area contributed by atoms with Crippen molar-refractivity contribution < 1.29 is 33.3 Å². The molecule has 1 heterocycles. The molecule has 0 aromatic rings. The van der Waals surface area contributed by atoms with Crippen molar-refractivity contribution in [2.45, 2.75) is 32.0 Å². The Kier molecular flexibility index (Phi) is 4.97. The molecule has 0 radical (unpaired) electrons. The Bertz CT molecular complexity index is 499. The van der Waals surface area contributed by atoms with E-state index in [0.29, 0.717) is 39.1 Å². The molecule has 0 amide bonds. The molecule has 3 rings (SSSR count). The van der Waals surface area contributed by atoms with Crippen molar-refractivity contribution >= 4 is 11.8 Å². The maximum Gasteiger partial charge on any atom is 0.316 e. The molecule has 4 atom stereocenters.